The zero-order valence-electron chi connectivity index (χ0n) is 62.6. The third-order valence-corrected chi connectivity index (χ3v) is 19.0. The van der Waals surface area contributed by atoms with Gasteiger partial charge in [-0.05, 0) is 68.7 Å². The van der Waals surface area contributed by atoms with E-state index in [0.29, 0.717) is 81.4 Å². The van der Waals surface area contributed by atoms with Gasteiger partial charge in [0.25, 0.3) is 0 Å². The fourth-order valence-electron chi connectivity index (χ4n) is 12.6. The molecule has 578 valence electrons. The van der Waals surface area contributed by atoms with Crippen LogP contribution >= 0.6 is 23.2 Å². The van der Waals surface area contributed by atoms with Gasteiger partial charge in [0.15, 0.2) is 34.5 Å². The van der Waals surface area contributed by atoms with Crippen molar-refractivity contribution in [3.63, 3.8) is 0 Å². The van der Waals surface area contributed by atoms with E-state index >= 15 is 0 Å². The van der Waals surface area contributed by atoms with E-state index in [0.717, 1.165) is 206 Å². The van der Waals surface area contributed by atoms with E-state index in [4.69, 9.17) is 61.8 Å². The Bertz CT molecular complexity index is 4430. The lowest BCUT2D eigenvalue weighted by Gasteiger charge is -2.34. The molecule has 11 heterocycles. The van der Waals surface area contributed by atoms with E-state index in [1.807, 2.05) is 79.9 Å². The molecule has 0 saturated carbocycles. The summed E-state index contributed by atoms with van der Waals surface area (Å²) in [7, 11) is 4.72. The molecule has 0 bridgehead atoms. The van der Waals surface area contributed by atoms with Crippen LogP contribution in [-0.4, -0.2) is 291 Å². The number of halogens is 2. The molecule has 10 aromatic rings. The molecule has 0 radical (unpaired) electrons. The molecule has 4 saturated heterocycles. The number of aromatic hydroxyl groups is 2. The number of fused-ring (bicyclic) bond motifs is 5. The van der Waals surface area contributed by atoms with Gasteiger partial charge in [-0.2, -0.15) is 0 Å². The number of benzene rings is 3. The summed E-state index contributed by atoms with van der Waals surface area (Å²) in [6.07, 6.45) is 19.9. The SMILES string of the molecule is C=CCN1CCN(CCCO)CC1.C=CCN1CCN(CCCOc2cc3ncnc(Cl)c3cc2OC)CC1.C=CCN1CCN(CCCOc2cc3ncnc(Oc4cnc5[nH]ccc5c4)c3cc2OC)CC1.C=CCN1CCNCC1.COc1cc2c(Cl)ncnc2cc1O.Cc1cc2cc(O)cnc2[nH]1. The predicted octanol–water partition coefficient (Wildman–Crippen LogP) is 10.6. The summed E-state index contributed by atoms with van der Waals surface area (Å²) in [5, 5.41) is 35.3. The summed E-state index contributed by atoms with van der Waals surface area (Å²) in [6, 6.07) is 18.0. The first-order chi connectivity index (χ1) is 52.7. The van der Waals surface area contributed by atoms with E-state index in [1.54, 1.807) is 32.5 Å². The maximum Gasteiger partial charge on any atom is 0.230 e. The molecule has 4 aliphatic heterocycles. The lowest BCUT2D eigenvalue weighted by Crippen LogP contribution is -2.46. The average molecular weight is 1520 g/mol. The number of aryl methyl sites for hydroxylation is 1. The maximum absolute atomic E-state index is 9.47. The van der Waals surface area contributed by atoms with Crippen LogP contribution < -0.4 is 33.7 Å². The van der Waals surface area contributed by atoms with Gasteiger partial charge in [-0.1, -0.05) is 47.5 Å². The number of hydrogen-bond donors (Lipinski definition) is 6. The molecular formula is C79H104Cl2N18O9. The molecule has 14 rings (SSSR count). The molecule has 4 aliphatic rings. The number of aliphatic hydroxyl groups is 1. The van der Waals surface area contributed by atoms with Crippen LogP contribution in [0, 0.1) is 6.92 Å². The molecule has 0 aliphatic carbocycles. The number of aromatic nitrogens is 10. The van der Waals surface area contributed by atoms with E-state index in [-0.39, 0.29) is 11.5 Å². The lowest BCUT2D eigenvalue weighted by molar-refractivity contribution is 0.133. The molecule has 4 fully saturated rings. The first-order valence-corrected chi connectivity index (χ1v) is 37.3. The van der Waals surface area contributed by atoms with Crippen LogP contribution in [0.2, 0.25) is 10.3 Å². The van der Waals surface area contributed by atoms with Gasteiger partial charge in [0.05, 0.1) is 68.9 Å². The van der Waals surface area contributed by atoms with Crippen LogP contribution in [0.3, 0.4) is 0 Å². The molecule has 3 aromatic carbocycles. The second-order valence-electron chi connectivity index (χ2n) is 26.0. The molecule has 108 heavy (non-hydrogen) atoms. The van der Waals surface area contributed by atoms with Crippen LogP contribution in [0.1, 0.15) is 25.0 Å². The van der Waals surface area contributed by atoms with Gasteiger partial charge in [-0.3, -0.25) is 19.6 Å². The highest BCUT2D eigenvalue weighted by molar-refractivity contribution is 6.34. The van der Waals surface area contributed by atoms with Crippen LogP contribution in [0.5, 0.6) is 51.9 Å². The Kier molecular flexibility index (Phi) is 33.8. The zero-order chi connectivity index (χ0) is 76.4. The predicted molar refractivity (Wildman–Crippen MR) is 429 cm³/mol. The number of pyridine rings is 2. The quantitative estimate of drug-likeness (QED) is 0.0167. The van der Waals surface area contributed by atoms with Crippen LogP contribution in [-0.2, 0) is 0 Å². The van der Waals surface area contributed by atoms with Gasteiger partial charge in [0, 0.05) is 209 Å². The number of ether oxygens (including phenoxy) is 6. The van der Waals surface area contributed by atoms with Gasteiger partial charge in [-0.15, -0.1) is 26.3 Å². The molecule has 0 atom stereocenters. The number of phenolic OH excluding ortho intramolecular Hbond substituents is 1. The second-order valence-corrected chi connectivity index (χ2v) is 26.7. The Morgan fingerprint density at radius 2 is 0.926 bits per heavy atom. The Balaban J connectivity index is 0.000000161. The van der Waals surface area contributed by atoms with Crippen molar-refractivity contribution >= 4 is 78.0 Å². The normalized spacial score (nSPS) is 15.4. The third-order valence-electron chi connectivity index (χ3n) is 18.4. The Morgan fingerprint density at radius 3 is 1.44 bits per heavy atom. The van der Waals surface area contributed by atoms with Crippen LogP contribution in [0.4, 0.5) is 0 Å². The molecule has 0 amide bonds. The number of aliphatic hydroxyl groups excluding tert-OH is 1. The number of piperazine rings is 4. The van der Waals surface area contributed by atoms with E-state index in [1.165, 1.54) is 51.4 Å². The van der Waals surface area contributed by atoms with Gasteiger partial charge in [0.1, 0.15) is 52.1 Å². The smallest absolute Gasteiger partial charge is 0.230 e. The number of nitrogens with one attached hydrogen (secondary N) is 3. The monoisotopic (exact) mass is 1520 g/mol. The van der Waals surface area contributed by atoms with Crippen molar-refractivity contribution < 1.29 is 43.7 Å². The van der Waals surface area contributed by atoms with Crippen molar-refractivity contribution in [3.05, 3.63) is 165 Å². The summed E-state index contributed by atoms with van der Waals surface area (Å²) in [5.41, 5.74) is 4.74. The number of methoxy groups -OCH3 is 3. The number of hydrogen-bond acceptors (Lipinski definition) is 25. The van der Waals surface area contributed by atoms with E-state index < -0.39 is 0 Å². The Hall–Kier alpha value is -9.36. The van der Waals surface area contributed by atoms with Crippen molar-refractivity contribution in [2.45, 2.75) is 26.2 Å². The van der Waals surface area contributed by atoms with E-state index in [9.17, 15) is 5.11 Å². The number of nitrogens with zero attached hydrogens (tertiary/aromatic N) is 15. The largest absolute Gasteiger partial charge is 0.506 e. The molecule has 27 nitrogen and oxygen atoms in total. The lowest BCUT2D eigenvalue weighted by atomic mass is 10.2. The highest BCUT2D eigenvalue weighted by Gasteiger charge is 2.20. The van der Waals surface area contributed by atoms with Crippen LogP contribution in [0.15, 0.2) is 149 Å². The molecule has 0 spiro atoms. The topological polar surface area (TPSA) is 285 Å². The van der Waals surface area contributed by atoms with Crippen molar-refractivity contribution in [2.75, 3.05) is 192 Å². The molecular weight excluding hydrogens is 1420 g/mol. The van der Waals surface area contributed by atoms with E-state index in [2.05, 4.69) is 116 Å². The minimum absolute atomic E-state index is 0.0368. The van der Waals surface area contributed by atoms with Crippen molar-refractivity contribution in [2.24, 2.45) is 0 Å². The Labute approximate surface area is 642 Å². The summed E-state index contributed by atoms with van der Waals surface area (Å²) in [5.74, 6) is 4.25. The van der Waals surface area contributed by atoms with Crippen molar-refractivity contribution in [1.29, 1.82) is 0 Å². The summed E-state index contributed by atoms with van der Waals surface area (Å²) < 4.78 is 34.1. The van der Waals surface area contributed by atoms with Crippen LogP contribution in [0.25, 0.3) is 54.8 Å². The highest BCUT2D eigenvalue weighted by atomic mass is 35.5. The van der Waals surface area contributed by atoms with Gasteiger partial charge in [0.2, 0.25) is 5.88 Å². The minimum atomic E-state index is 0.0368. The third kappa shape index (κ3) is 25.4. The minimum Gasteiger partial charge on any atom is -0.506 e. The maximum atomic E-state index is 9.47. The summed E-state index contributed by atoms with van der Waals surface area (Å²) in [6.45, 7) is 43.5. The summed E-state index contributed by atoms with van der Waals surface area (Å²) >= 11 is 12.0. The van der Waals surface area contributed by atoms with Crippen molar-refractivity contribution in [3.8, 4) is 51.9 Å². The fourth-order valence-corrected chi connectivity index (χ4v) is 13.0. The summed E-state index contributed by atoms with van der Waals surface area (Å²) in [4.78, 5) is 56.3. The first-order valence-electron chi connectivity index (χ1n) is 36.5. The molecule has 6 N–H and O–H groups in total. The standard InChI is InChI=1S/C26H30N6O3.C19H25ClN4O2.C10H20N2O.C9H7ClN2O2.C8H8N2O.C7H14N2/c1-3-7-31-9-11-32(12-10-31)8-4-13-34-24-16-22-21(15-23(24)33-2)26(30-18-29-22)35-20-14-19-5-6-27-25(19)28-17-20;1-3-5-23-7-9-24(10-8-23)6-4-11-26-18-13-16-15(12-17(18)25-2)19(20)22-14-21-16;1-2-4-11-6-8-12(9-7-11)5-3-10-13;1-14-8-2-5-6(3-7(8)13)11-4-12-9(5)10;1-5-2-6-3-7(11)4-9-8(6)10-5;1-2-5-9-6-3-8-4-7-9/h3,5-6,14-18H,1,4,7-13H2,2H3,(H,27,28);3,12-14H,1,4-11H2,2H3;2,13H,1,3-10H2;2-4,13H,1H3;2-4,11H,1H3,(H,9,10);2,8H,1,3-7H2. The first kappa shape index (κ1) is 82.7. The van der Waals surface area contributed by atoms with Gasteiger partial charge in [-0.25, -0.2) is 39.9 Å². The van der Waals surface area contributed by atoms with Gasteiger partial charge < -0.3 is 73.7 Å². The zero-order valence-corrected chi connectivity index (χ0v) is 64.1. The Morgan fingerprint density at radius 1 is 0.472 bits per heavy atom. The number of rotatable bonds is 26. The van der Waals surface area contributed by atoms with Crippen molar-refractivity contribution in [1.82, 2.24) is 89.5 Å². The number of H-pyrrole nitrogens is 2. The number of phenols is 1. The molecule has 7 aromatic heterocycles. The highest BCUT2D eigenvalue weighted by Crippen LogP contribution is 2.38. The fraction of sp³-hybridized carbons (Fsp3) is 0.418. The molecule has 29 heteroatoms. The molecule has 0 unspecified atom stereocenters. The average Bonchev–Trinajstić information content (AvgIpc) is 0.883. The second kappa shape index (κ2) is 44.2. The number of aromatic amines is 2. The van der Waals surface area contributed by atoms with Gasteiger partial charge >= 0.3 is 0 Å².